The lowest BCUT2D eigenvalue weighted by atomic mass is 10.0. The predicted octanol–water partition coefficient (Wildman–Crippen LogP) is 3.60. The number of hydrogen-bond acceptors (Lipinski definition) is 2. The van der Waals surface area contributed by atoms with Crippen LogP contribution in [0.15, 0.2) is 30.3 Å². The van der Waals surface area contributed by atoms with Crippen molar-refractivity contribution >= 4 is 10.9 Å². The van der Waals surface area contributed by atoms with Gasteiger partial charge >= 0.3 is 0 Å². The van der Waals surface area contributed by atoms with Crippen molar-refractivity contribution in [2.75, 3.05) is 6.54 Å². The zero-order valence-corrected chi connectivity index (χ0v) is 10.8. The molecule has 1 N–H and O–H groups in total. The van der Waals surface area contributed by atoms with Crippen molar-refractivity contribution < 1.29 is 0 Å². The Hall–Kier alpha value is -1.41. The third-order valence-electron chi connectivity index (χ3n) is 3.11. The van der Waals surface area contributed by atoms with Gasteiger partial charge in [-0.05, 0) is 43.7 Å². The Morgan fingerprint density at radius 3 is 2.71 bits per heavy atom. The molecule has 0 aliphatic rings. The molecule has 0 bridgehead atoms. The Labute approximate surface area is 103 Å². The van der Waals surface area contributed by atoms with E-state index in [-0.39, 0.29) is 0 Å². The zero-order valence-electron chi connectivity index (χ0n) is 10.8. The summed E-state index contributed by atoms with van der Waals surface area (Å²) in [6.45, 7) is 7.39. The van der Waals surface area contributed by atoms with E-state index in [2.05, 4.69) is 54.5 Å². The fourth-order valence-electron chi connectivity index (χ4n) is 2.21. The van der Waals surface area contributed by atoms with Crippen LogP contribution in [0.25, 0.3) is 10.9 Å². The summed E-state index contributed by atoms with van der Waals surface area (Å²) in [7, 11) is 0. The van der Waals surface area contributed by atoms with Crippen LogP contribution >= 0.6 is 0 Å². The monoisotopic (exact) mass is 228 g/mol. The minimum absolute atomic E-state index is 0.450. The second-order valence-corrected chi connectivity index (χ2v) is 4.42. The van der Waals surface area contributed by atoms with Gasteiger partial charge in [-0.15, -0.1) is 0 Å². The highest BCUT2D eigenvalue weighted by Gasteiger charge is 2.08. The van der Waals surface area contributed by atoms with E-state index in [0.29, 0.717) is 6.04 Å². The van der Waals surface area contributed by atoms with Crippen molar-refractivity contribution in [1.29, 1.82) is 0 Å². The molecule has 0 saturated carbocycles. The summed E-state index contributed by atoms with van der Waals surface area (Å²) < 4.78 is 0. The molecule has 0 saturated heterocycles. The lowest BCUT2D eigenvalue weighted by molar-refractivity contribution is 0.538. The van der Waals surface area contributed by atoms with Gasteiger partial charge in [-0.1, -0.05) is 26.0 Å². The van der Waals surface area contributed by atoms with Crippen LogP contribution in [0.1, 0.15) is 37.6 Å². The van der Waals surface area contributed by atoms with Crippen LogP contribution in [0.4, 0.5) is 0 Å². The molecule has 0 radical (unpaired) electrons. The zero-order chi connectivity index (χ0) is 12.3. The molecule has 2 heteroatoms. The summed E-state index contributed by atoms with van der Waals surface area (Å²) in [4.78, 5) is 4.53. The standard InChI is InChI=1S/C15H20N2/c1-4-14(16-5-2)12-8-9-15-13(10-12)7-6-11(3)17-15/h6-10,14,16H,4-5H2,1-3H3. The Balaban J connectivity index is 2.40. The van der Waals surface area contributed by atoms with Crippen molar-refractivity contribution in [3.8, 4) is 0 Å². The summed E-state index contributed by atoms with van der Waals surface area (Å²) in [6, 6.07) is 11.2. The average Bonchev–Trinajstić information content (AvgIpc) is 2.35. The fourth-order valence-corrected chi connectivity index (χ4v) is 2.21. The molecule has 1 atom stereocenters. The minimum Gasteiger partial charge on any atom is -0.310 e. The third-order valence-corrected chi connectivity index (χ3v) is 3.11. The van der Waals surface area contributed by atoms with Crippen LogP contribution in [0, 0.1) is 6.92 Å². The van der Waals surface area contributed by atoms with Gasteiger partial charge in [-0.2, -0.15) is 0 Å². The molecular formula is C15H20N2. The molecule has 1 aromatic carbocycles. The van der Waals surface area contributed by atoms with Gasteiger partial charge in [0.1, 0.15) is 0 Å². The summed E-state index contributed by atoms with van der Waals surface area (Å²) in [6.07, 6.45) is 1.11. The highest BCUT2D eigenvalue weighted by Crippen LogP contribution is 2.21. The molecular weight excluding hydrogens is 208 g/mol. The first kappa shape index (κ1) is 12.1. The molecule has 90 valence electrons. The van der Waals surface area contributed by atoms with E-state index in [1.807, 2.05) is 6.92 Å². The SMILES string of the molecule is CCNC(CC)c1ccc2nc(C)ccc2c1. The number of benzene rings is 1. The van der Waals surface area contributed by atoms with Crippen molar-refractivity contribution in [3.63, 3.8) is 0 Å². The fraction of sp³-hybridized carbons (Fsp3) is 0.400. The van der Waals surface area contributed by atoms with Crippen LogP contribution in [0.2, 0.25) is 0 Å². The molecule has 0 amide bonds. The largest absolute Gasteiger partial charge is 0.310 e. The summed E-state index contributed by atoms with van der Waals surface area (Å²) in [5.41, 5.74) is 3.51. The Morgan fingerprint density at radius 2 is 2.00 bits per heavy atom. The molecule has 0 fully saturated rings. The third kappa shape index (κ3) is 2.64. The molecule has 0 spiro atoms. The molecule has 1 unspecified atom stereocenters. The number of pyridine rings is 1. The smallest absolute Gasteiger partial charge is 0.0705 e. The number of hydrogen-bond donors (Lipinski definition) is 1. The van der Waals surface area contributed by atoms with Crippen LogP contribution < -0.4 is 5.32 Å². The van der Waals surface area contributed by atoms with Gasteiger partial charge in [0.05, 0.1) is 5.52 Å². The molecule has 2 rings (SSSR count). The average molecular weight is 228 g/mol. The number of nitrogens with one attached hydrogen (secondary N) is 1. The summed E-state index contributed by atoms with van der Waals surface area (Å²) in [5.74, 6) is 0. The second-order valence-electron chi connectivity index (χ2n) is 4.42. The number of nitrogens with zero attached hydrogens (tertiary/aromatic N) is 1. The van der Waals surface area contributed by atoms with E-state index >= 15 is 0 Å². The highest BCUT2D eigenvalue weighted by molar-refractivity contribution is 5.79. The lowest BCUT2D eigenvalue weighted by Gasteiger charge is -2.16. The van der Waals surface area contributed by atoms with Gasteiger partial charge in [0.2, 0.25) is 0 Å². The first-order valence-electron chi connectivity index (χ1n) is 6.35. The molecule has 17 heavy (non-hydrogen) atoms. The number of fused-ring (bicyclic) bond motifs is 1. The lowest BCUT2D eigenvalue weighted by Crippen LogP contribution is -2.19. The van der Waals surface area contributed by atoms with E-state index in [1.165, 1.54) is 10.9 Å². The van der Waals surface area contributed by atoms with Crippen LogP contribution in [-0.4, -0.2) is 11.5 Å². The van der Waals surface area contributed by atoms with Crippen LogP contribution in [0.5, 0.6) is 0 Å². The van der Waals surface area contributed by atoms with Crippen molar-refractivity contribution in [2.24, 2.45) is 0 Å². The van der Waals surface area contributed by atoms with Gasteiger partial charge < -0.3 is 5.32 Å². The Morgan fingerprint density at radius 1 is 1.18 bits per heavy atom. The highest BCUT2D eigenvalue weighted by atomic mass is 14.9. The molecule has 1 aromatic heterocycles. The van der Waals surface area contributed by atoms with Crippen molar-refractivity contribution in [3.05, 3.63) is 41.6 Å². The predicted molar refractivity (Wildman–Crippen MR) is 73.2 cm³/mol. The van der Waals surface area contributed by atoms with Gasteiger partial charge in [0.25, 0.3) is 0 Å². The van der Waals surface area contributed by atoms with E-state index < -0.39 is 0 Å². The molecule has 2 aromatic rings. The van der Waals surface area contributed by atoms with Crippen LogP contribution in [0.3, 0.4) is 0 Å². The van der Waals surface area contributed by atoms with Crippen molar-refractivity contribution in [2.45, 2.75) is 33.2 Å². The normalized spacial score (nSPS) is 12.9. The van der Waals surface area contributed by atoms with Gasteiger partial charge in [0, 0.05) is 17.1 Å². The topological polar surface area (TPSA) is 24.9 Å². The van der Waals surface area contributed by atoms with Gasteiger partial charge in [0.15, 0.2) is 0 Å². The number of rotatable bonds is 4. The van der Waals surface area contributed by atoms with Gasteiger partial charge in [-0.3, -0.25) is 4.98 Å². The van der Waals surface area contributed by atoms with E-state index in [1.54, 1.807) is 0 Å². The Kier molecular flexibility index (Phi) is 3.75. The maximum absolute atomic E-state index is 4.53. The Bertz CT molecular complexity index is 505. The quantitative estimate of drug-likeness (QED) is 0.864. The minimum atomic E-state index is 0.450. The molecule has 0 aliphatic carbocycles. The number of aromatic nitrogens is 1. The first-order chi connectivity index (χ1) is 8.24. The van der Waals surface area contributed by atoms with Crippen molar-refractivity contribution in [1.82, 2.24) is 10.3 Å². The van der Waals surface area contributed by atoms with E-state index in [0.717, 1.165) is 24.2 Å². The molecule has 0 aliphatic heterocycles. The van der Waals surface area contributed by atoms with Gasteiger partial charge in [-0.25, -0.2) is 0 Å². The molecule has 1 heterocycles. The van der Waals surface area contributed by atoms with E-state index in [4.69, 9.17) is 0 Å². The second kappa shape index (κ2) is 5.28. The van der Waals surface area contributed by atoms with E-state index in [9.17, 15) is 0 Å². The summed E-state index contributed by atoms with van der Waals surface area (Å²) >= 11 is 0. The first-order valence-corrected chi connectivity index (χ1v) is 6.35. The molecule has 2 nitrogen and oxygen atoms in total. The maximum Gasteiger partial charge on any atom is 0.0705 e. The number of aryl methyl sites for hydroxylation is 1. The van der Waals surface area contributed by atoms with Crippen LogP contribution in [-0.2, 0) is 0 Å². The summed E-state index contributed by atoms with van der Waals surface area (Å²) in [5, 5.41) is 4.73. The maximum atomic E-state index is 4.53.